The number of carbonyl (C=O) groups is 5. The maximum absolute atomic E-state index is 13.0. The Hall–Kier alpha value is -2.47. The van der Waals surface area contributed by atoms with Crippen LogP contribution in [0.5, 0.6) is 0 Å². The highest BCUT2D eigenvalue weighted by molar-refractivity contribution is 8.76. The minimum atomic E-state index is -0.998. The first-order chi connectivity index (χ1) is 16.1. The van der Waals surface area contributed by atoms with Gasteiger partial charge in [-0.1, -0.05) is 47.6 Å². The van der Waals surface area contributed by atoms with Crippen molar-refractivity contribution in [3.8, 4) is 0 Å². The van der Waals surface area contributed by atoms with E-state index < -0.39 is 53.8 Å². The number of esters is 1. The van der Waals surface area contributed by atoms with E-state index in [2.05, 4.69) is 21.3 Å². The fourth-order valence-corrected chi connectivity index (χ4v) is 5.29. The standard InChI is InChI=1S/C22H32N4O6S2/c1-5-15-20(29)26-18(12(2)3)22(31)32-14-8-6-7-9-33-34-11-16(21(30)24-15)25-19(28)13(4)23-17(27)10-14/h5-6,8,12-14,16,18H,7,9-11H2,1-4H3,(H,23,27)(H,24,30)(H,25,28)(H,26,29)/b8-6+,15-5-. The number of hydrogen-bond donors (Lipinski definition) is 4. The quantitative estimate of drug-likeness (QED) is 0.175. The van der Waals surface area contributed by atoms with E-state index in [1.165, 1.54) is 34.6 Å². The summed E-state index contributed by atoms with van der Waals surface area (Å²) < 4.78 is 5.59. The number of carbonyl (C=O) groups excluding carboxylic acids is 5. The van der Waals surface area contributed by atoms with Crippen LogP contribution < -0.4 is 21.3 Å². The molecular formula is C22H32N4O6S2. The first kappa shape index (κ1) is 27.8. The SMILES string of the molecule is C/C=C1\NC(=O)C2CSSCC/C=C/C(CC(=O)NC(C)C(=O)N2)OC(=O)C(C(C)C)NC1=O. The van der Waals surface area contributed by atoms with Gasteiger partial charge < -0.3 is 26.0 Å². The lowest BCUT2D eigenvalue weighted by atomic mass is 10.0. The lowest BCUT2D eigenvalue weighted by Crippen LogP contribution is -2.55. The van der Waals surface area contributed by atoms with E-state index in [9.17, 15) is 24.0 Å². The molecule has 2 aliphatic rings. The molecule has 188 valence electrons. The van der Waals surface area contributed by atoms with Gasteiger partial charge >= 0.3 is 5.97 Å². The summed E-state index contributed by atoms with van der Waals surface area (Å²) in [4.78, 5) is 64.1. The van der Waals surface area contributed by atoms with Crippen molar-refractivity contribution in [1.29, 1.82) is 0 Å². The van der Waals surface area contributed by atoms with Crippen LogP contribution >= 0.6 is 21.6 Å². The maximum Gasteiger partial charge on any atom is 0.329 e. The molecule has 4 N–H and O–H groups in total. The molecular weight excluding hydrogens is 480 g/mol. The summed E-state index contributed by atoms with van der Waals surface area (Å²) in [5.74, 6) is -2.32. The molecule has 2 aliphatic heterocycles. The number of fused-ring (bicyclic) bond motifs is 7. The van der Waals surface area contributed by atoms with E-state index in [1.807, 2.05) is 6.08 Å². The van der Waals surface area contributed by atoms with Crippen LogP contribution in [0.3, 0.4) is 0 Å². The van der Waals surface area contributed by atoms with E-state index in [0.29, 0.717) is 12.2 Å². The summed E-state index contributed by atoms with van der Waals surface area (Å²) in [6.07, 6.45) is 4.49. The van der Waals surface area contributed by atoms with Crippen molar-refractivity contribution in [2.75, 3.05) is 11.5 Å². The average Bonchev–Trinajstić information content (AvgIpc) is 2.77. The zero-order chi connectivity index (χ0) is 25.3. The van der Waals surface area contributed by atoms with Gasteiger partial charge in [-0.3, -0.25) is 19.2 Å². The Labute approximate surface area is 207 Å². The monoisotopic (exact) mass is 512 g/mol. The second kappa shape index (κ2) is 13.4. The van der Waals surface area contributed by atoms with Crippen LogP contribution in [0.25, 0.3) is 0 Å². The minimum absolute atomic E-state index is 0.0467. The van der Waals surface area contributed by atoms with Gasteiger partial charge in [0.25, 0.3) is 5.91 Å². The molecule has 2 bridgehead atoms. The third kappa shape index (κ3) is 8.39. The average molecular weight is 513 g/mol. The van der Waals surface area contributed by atoms with Gasteiger partial charge in [-0.15, -0.1) is 0 Å². The summed E-state index contributed by atoms with van der Waals surface area (Å²) >= 11 is 0. The highest BCUT2D eigenvalue weighted by Crippen LogP contribution is 2.23. The molecule has 4 unspecified atom stereocenters. The van der Waals surface area contributed by atoms with Gasteiger partial charge in [0.1, 0.15) is 29.9 Å². The Kier molecular flexibility index (Phi) is 11.0. The number of hydrogen-bond acceptors (Lipinski definition) is 8. The number of rotatable bonds is 1. The lowest BCUT2D eigenvalue weighted by molar-refractivity contribution is -0.153. The number of allylic oxidation sites excluding steroid dienone is 2. The zero-order valence-electron chi connectivity index (χ0n) is 19.7. The number of ether oxygens (including phenoxy) is 1. The largest absolute Gasteiger partial charge is 0.456 e. The predicted molar refractivity (Wildman–Crippen MR) is 131 cm³/mol. The Morgan fingerprint density at radius 1 is 1.06 bits per heavy atom. The van der Waals surface area contributed by atoms with Crippen molar-refractivity contribution >= 4 is 51.2 Å². The molecule has 0 aliphatic carbocycles. The van der Waals surface area contributed by atoms with Crippen LogP contribution in [-0.2, 0) is 28.7 Å². The highest BCUT2D eigenvalue weighted by Gasteiger charge is 2.32. The molecule has 10 nitrogen and oxygen atoms in total. The normalized spacial score (nSPS) is 30.5. The summed E-state index contributed by atoms with van der Waals surface area (Å²) in [5, 5.41) is 10.4. The third-order valence-corrected chi connectivity index (χ3v) is 7.54. The van der Waals surface area contributed by atoms with Crippen LogP contribution in [-0.4, -0.2) is 65.3 Å². The van der Waals surface area contributed by atoms with E-state index in [1.54, 1.807) is 26.8 Å². The molecule has 0 aromatic rings. The summed E-state index contributed by atoms with van der Waals surface area (Å²) in [6, 6.07) is -2.87. The van der Waals surface area contributed by atoms with Crippen molar-refractivity contribution in [2.45, 2.75) is 64.8 Å². The van der Waals surface area contributed by atoms with Crippen molar-refractivity contribution < 1.29 is 28.7 Å². The van der Waals surface area contributed by atoms with Crippen molar-refractivity contribution in [3.05, 3.63) is 23.9 Å². The molecule has 34 heavy (non-hydrogen) atoms. The zero-order valence-corrected chi connectivity index (χ0v) is 21.3. The van der Waals surface area contributed by atoms with Gasteiger partial charge in [-0.25, -0.2) is 4.79 Å². The van der Waals surface area contributed by atoms with Crippen LogP contribution in [0.1, 0.15) is 40.5 Å². The van der Waals surface area contributed by atoms with E-state index in [4.69, 9.17) is 4.74 Å². The van der Waals surface area contributed by atoms with E-state index in [0.717, 1.165) is 0 Å². The third-order valence-electron chi connectivity index (χ3n) is 5.09. The lowest BCUT2D eigenvalue weighted by Gasteiger charge is -2.26. The molecule has 4 atom stereocenters. The number of amides is 4. The number of nitrogens with one attached hydrogen (secondary N) is 4. The Balaban J connectivity index is 2.49. The fourth-order valence-electron chi connectivity index (χ4n) is 3.14. The summed E-state index contributed by atoms with van der Waals surface area (Å²) in [6.45, 7) is 6.58. The Morgan fingerprint density at radius 3 is 2.47 bits per heavy atom. The van der Waals surface area contributed by atoms with Gasteiger partial charge in [0, 0.05) is 11.5 Å². The van der Waals surface area contributed by atoms with Crippen molar-refractivity contribution in [3.63, 3.8) is 0 Å². The van der Waals surface area contributed by atoms with E-state index in [-0.39, 0.29) is 23.8 Å². The topological polar surface area (TPSA) is 143 Å². The molecule has 2 heterocycles. The molecule has 0 spiro atoms. The molecule has 1 fully saturated rings. The van der Waals surface area contributed by atoms with Gasteiger partial charge in [0.2, 0.25) is 17.7 Å². The molecule has 0 saturated carbocycles. The fraction of sp³-hybridized carbons (Fsp3) is 0.591. The Morgan fingerprint density at radius 2 is 1.79 bits per heavy atom. The summed E-state index contributed by atoms with van der Waals surface area (Å²) in [5.41, 5.74) is -0.0467. The molecule has 2 rings (SSSR count). The maximum atomic E-state index is 13.0. The van der Waals surface area contributed by atoms with Gasteiger partial charge in [0.15, 0.2) is 0 Å². The van der Waals surface area contributed by atoms with Crippen molar-refractivity contribution in [2.24, 2.45) is 5.92 Å². The van der Waals surface area contributed by atoms with Crippen LogP contribution in [0.2, 0.25) is 0 Å². The molecule has 12 heteroatoms. The second-order valence-electron chi connectivity index (χ2n) is 8.24. The molecule has 4 amide bonds. The first-order valence-electron chi connectivity index (χ1n) is 11.1. The predicted octanol–water partition coefficient (Wildman–Crippen LogP) is 0.794. The van der Waals surface area contributed by atoms with E-state index >= 15 is 0 Å². The van der Waals surface area contributed by atoms with Gasteiger partial charge in [-0.05, 0) is 32.3 Å². The van der Waals surface area contributed by atoms with Crippen molar-refractivity contribution in [1.82, 2.24) is 21.3 Å². The molecule has 1 saturated heterocycles. The van der Waals surface area contributed by atoms with Gasteiger partial charge in [-0.2, -0.15) is 0 Å². The summed E-state index contributed by atoms with van der Waals surface area (Å²) in [7, 11) is 2.93. The van der Waals surface area contributed by atoms with Gasteiger partial charge in [0.05, 0.1) is 6.42 Å². The smallest absolute Gasteiger partial charge is 0.329 e. The van der Waals surface area contributed by atoms with Crippen LogP contribution in [0.15, 0.2) is 23.9 Å². The first-order valence-corrected chi connectivity index (χ1v) is 13.6. The Bertz CT molecular complexity index is 860. The highest BCUT2D eigenvalue weighted by atomic mass is 33.1. The minimum Gasteiger partial charge on any atom is -0.456 e. The molecule has 0 aromatic carbocycles. The van der Waals surface area contributed by atoms with Crippen LogP contribution in [0.4, 0.5) is 0 Å². The molecule has 0 aromatic heterocycles. The van der Waals surface area contributed by atoms with Crippen LogP contribution in [0, 0.1) is 5.92 Å². The molecule has 0 radical (unpaired) electrons. The second-order valence-corrected chi connectivity index (χ2v) is 10.9.